The fraction of sp³-hybridized carbons (Fsp3) is 0.391. The number of nitrogen functional groups attached to an aromatic ring is 1. The molecule has 1 aliphatic carbocycles. The Morgan fingerprint density at radius 3 is 2.69 bits per heavy atom. The zero-order valence-corrected chi connectivity index (χ0v) is 18.8. The summed E-state index contributed by atoms with van der Waals surface area (Å²) >= 11 is 1.65. The van der Waals surface area contributed by atoms with Gasteiger partial charge < -0.3 is 20.5 Å². The van der Waals surface area contributed by atoms with Gasteiger partial charge in [-0.2, -0.15) is 0 Å². The molecule has 0 radical (unpaired) electrons. The molecular weight excluding hydrogens is 428 g/mol. The van der Waals surface area contributed by atoms with Crippen LogP contribution in [0.2, 0.25) is 0 Å². The van der Waals surface area contributed by atoms with Crippen LogP contribution in [0.5, 0.6) is 5.75 Å². The van der Waals surface area contributed by atoms with E-state index in [0.29, 0.717) is 29.6 Å². The molecule has 2 aromatic heterocycles. The standard InChI is InChI=1S/C23H26N4O4S/c1-2-30-15-10-8-14(9-11-15)22(29)25-12-19(28)31-13-18-26-21(24)20-16-6-4-3-5-7-17(16)32-23(20)27-18/h8-11H,2-7,12-13H2,1H3,(H,25,29)(H2,24,26,27). The summed E-state index contributed by atoms with van der Waals surface area (Å²) in [7, 11) is 0. The molecule has 0 saturated carbocycles. The third-order valence-electron chi connectivity index (χ3n) is 5.32. The lowest BCUT2D eigenvalue weighted by molar-refractivity contribution is -0.143. The van der Waals surface area contributed by atoms with E-state index < -0.39 is 5.97 Å². The third-order valence-corrected chi connectivity index (χ3v) is 6.51. The summed E-state index contributed by atoms with van der Waals surface area (Å²) in [6, 6.07) is 6.69. The number of carbonyl (C=O) groups is 2. The van der Waals surface area contributed by atoms with Gasteiger partial charge in [0.05, 0.1) is 12.0 Å². The fourth-order valence-corrected chi connectivity index (χ4v) is 5.08. The second kappa shape index (κ2) is 9.95. The van der Waals surface area contributed by atoms with Gasteiger partial charge in [-0.3, -0.25) is 9.59 Å². The van der Waals surface area contributed by atoms with Crippen LogP contribution in [-0.4, -0.2) is 35.0 Å². The van der Waals surface area contributed by atoms with E-state index >= 15 is 0 Å². The minimum Gasteiger partial charge on any atom is -0.494 e. The van der Waals surface area contributed by atoms with Gasteiger partial charge in [0.2, 0.25) is 0 Å². The van der Waals surface area contributed by atoms with Crippen LogP contribution in [0.4, 0.5) is 5.82 Å². The predicted molar refractivity (Wildman–Crippen MR) is 123 cm³/mol. The molecule has 1 aromatic carbocycles. The van der Waals surface area contributed by atoms with Crippen molar-refractivity contribution >= 4 is 39.2 Å². The molecule has 9 heteroatoms. The van der Waals surface area contributed by atoms with E-state index in [1.54, 1.807) is 35.6 Å². The summed E-state index contributed by atoms with van der Waals surface area (Å²) in [6.07, 6.45) is 5.62. The van der Waals surface area contributed by atoms with E-state index in [4.69, 9.17) is 15.2 Å². The Morgan fingerprint density at radius 2 is 1.91 bits per heavy atom. The molecule has 32 heavy (non-hydrogen) atoms. The Hall–Kier alpha value is -3.20. The molecule has 3 N–H and O–H groups in total. The number of benzene rings is 1. The van der Waals surface area contributed by atoms with Crippen molar-refractivity contribution in [3.05, 3.63) is 46.1 Å². The van der Waals surface area contributed by atoms with Crippen molar-refractivity contribution in [3.8, 4) is 5.75 Å². The molecule has 0 unspecified atom stereocenters. The number of aryl methyl sites for hydroxylation is 2. The van der Waals surface area contributed by atoms with Crippen molar-refractivity contribution in [1.29, 1.82) is 0 Å². The van der Waals surface area contributed by atoms with Crippen LogP contribution in [0.1, 0.15) is 52.8 Å². The Labute approximate surface area is 190 Å². The first-order valence-electron chi connectivity index (χ1n) is 10.8. The van der Waals surface area contributed by atoms with Gasteiger partial charge in [-0.1, -0.05) is 6.42 Å². The number of nitrogens with one attached hydrogen (secondary N) is 1. The molecular formula is C23H26N4O4S. The van der Waals surface area contributed by atoms with Gasteiger partial charge in [0.15, 0.2) is 12.4 Å². The second-order valence-electron chi connectivity index (χ2n) is 7.57. The topological polar surface area (TPSA) is 116 Å². The molecule has 0 aliphatic heterocycles. The highest BCUT2D eigenvalue weighted by Crippen LogP contribution is 2.37. The van der Waals surface area contributed by atoms with Crippen LogP contribution in [0.25, 0.3) is 10.2 Å². The Bertz CT molecular complexity index is 1130. The molecule has 0 bridgehead atoms. The number of aromatic nitrogens is 2. The number of carbonyl (C=O) groups excluding carboxylic acids is 2. The number of ether oxygens (including phenoxy) is 2. The van der Waals surface area contributed by atoms with Crippen LogP contribution in [0.3, 0.4) is 0 Å². The summed E-state index contributed by atoms with van der Waals surface area (Å²) in [5, 5.41) is 3.50. The summed E-state index contributed by atoms with van der Waals surface area (Å²) in [5.74, 6) is 0.532. The maximum atomic E-state index is 12.2. The lowest BCUT2D eigenvalue weighted by Gasteiger charge is -2.08. The van der Waals surface area contributed by atoms with E-state index in [2.05, 4.69) is 15.3 Å². The third kappa shape index (κ3) is 4.99. The summed E-state index contributed by atoms with van der Waals surface area (Å²) < 4.78 is 10.6. The van der Waals surface area contributed by atoms with Crippen molar-refractivity contribution in [1.82, 2.24) is 15.3 Å². The number of amides is 1. The Morgan fingerprint density at radius 1 is 1.12 bits per heavy atom. The van der Waals surface area contributed by atoms with Crippen LogP contribution in [0, 0.1) is 0 Å². The lowest BCUT2D eigenvalue weighted by Crippen LogP contribution is -2.30. The summed E-state index contributed by atoms with van der Waals surface area (Å²) in [4.78, 5) is 35.4. The predicted octanol–water partition coefficient (Wildman–Crippen LogP) is 3.41. The average Bonchev–Trinajstić information content (AvgIpc) is 2.98. The van der Waals surface area contributed by atoms with Gasteiger partial charge >= 0.3 is 5.97 Å². The maximum Gasteiger partial charge on any atom is 0.325 e. The molecule has 8 nitrogen and oxygen atoms in total. The highest BCUT2D eigenvalue weighted by atomic mass is 32.1. The SMILES string of the molecule is CCOc1ccc(C(=O)NCC(=O)OCc2nc(N)c3c4c(sc3n2)CCCCC4)cc1. The average molecular weight is 455 g/mol. The van der Waals surface area contributed by atoms with E-state index in [0.717, 1.165) is 29.5 Å². The van der Waals surface area contributed by atoms with E-state index in [9.17, 15) is 9.59 Å². The first-order valence-corrected chi connectivity index (χ1v) is 11.6. The molecule has 0 saturated heterocycles. The van der Waals surface area contributed by atoms with Gasteiger partial charge in [0, 0.05) is 10.4 Å². The molecule has 4 rings (SSSR count). The monoisotopic (exact) mass is 454 g/mol. The van der Waals surface area contributed by atoms with Gasteiger partial charge in [0.25, 0.3) is 5.91 Å². The van der Waals surface area contributed by atoms with Crippen LogP contribution < -0.4 is 15.8 Å². The van der Waals surface area contributed by atoms with Gasteiger partial charge in [-0.25, -0.2) is 9.97 Å². The van der Waals surface area contributed by atoms with Gasteiger partial charge in [0.1, 0.15) is 22.9 Å². The number of rotatable bonds is 7. The molecule has 0 atom stereocenters. The first-order chi connectivity index (χ1) is 15.5. The van der Waals surface area contributed by atoms with Crippen molar-refractivity contribution < 1.29 is 19.1 Å². The van der Waals surface area contributed by atoms with Crippen LogP contribution in [0.15, 0.2) is 24.3 Å². The zero-order chi connectivity index (χ0) is 22.5. The number of nitrogens with two attached hydrogens (primary N) is 1. The normalized spacial score (nSPS) is 13.3. The Kier molecular flexibility index (Phi) is 6.84. The number of anilines is 1. The quantitative estimate of drug-likeness (QED) is 0.415. The van der Waals surface area contributed by atoms with Crippen molar-refractivity contribution in [2.75, 3.05) is 18.9 Å². The minimum absolute atomic E-state index is 0.0968. The molecule has 1 aliphatic rings. The van der Waals surface area contributed by atoms with E-state index in [1.807, 2.05) is 6.92 Å². The van der Waals surface area contributed by atoms with Crippen LogP contribution in [-0.2, 0) is 29.0 Å². The molecule has 1 amide bonds. The van der Waals surface area contributed by atoms with Crippen molar-refractivity contribution in [2.24, 2.45) is 0 Å². The second-order valence-corrected chi connectivity index (χ2v) is 8.65. The van der Waals surface area contributed by atoms with Gasteiger partial charge in [-0.15, -0.1) is 11.3 Å². The first kappa shape index (κ1) is 22.0. The van der Waals surface area contributed by atoms with Crippen molar-refractivity contribution in [2.45, 2.75) is 45.6 Å². The number of hydrogen-bond donors (Lipinski definition) is 2. The fourth-order valence-electron chi connectivity index (χ4n) is 3.79. The van der Waals surface area contributed by atoms with E-state index in [1.165, 1.54) is 23.3 Å². The molecule has 168 valence electrons. The molecule has 3 aromatic rings. The maximum absolute atomic E-state index is 12.2. The number of esters is 1. The smallest absolute Gasteiger partial charge is 0.325 e. The highest BCUT2D eigenvalue weighted by Gasteiger charge is 2.19. The summed E-state index contributed by atoms with van der Waals surface area (Å²) in [5.41, 5.74) is 7.93. The number of thiophene rings is 1. The number of hydrogen-bond acceptors (Lipinski definition) is 8. The number of nitrogens with zero attached hydrogens (tertiary/aromatic N) is 2. The van der Waals surface area contributed by atoms with Crippen LogP contribution >= 0.6 is 11.3 Å². The Balaban J connectivity index is 1.33. The minimum atomic E-state index is -0.575. The summed E-state index contributed by atoms with van der Waals surface area (Å²) in [6.45, 7) is 2.09. The molecule has 0 fully saturated rings. The largest absolute Gasteiger partial charge is 0.494 e. The van der Waals surface area contributed by atoms with Crippen molar-refractivity contribution in [3.63, 3.8) is 0 Å². The van der Waals surface area contributed by atoms with Gasteiger partial charge in [-0.05, 0) is 62.4 Å². The molecule has 0 spiro atoms. The van der Waals surface area contributed by atoms with E-state index in [-0.39, 0.29) is 19.1 Å². The zero-order valence-electron chi connectivity index (χ0n) is 18.0. The highest BCUT2D eigenvalue weighted by molar-refractivity contribution is 7.19. The number of fused-ring (bicyclic) bond motifs is 3. The molecule has 2 heterocycles. The lowest BCUT2D eigenvalue weighted by atomic mass is 10.1.